The molecule has 1 saturated heterocycles. The van der Waals surface area contributed by atoms with Crippen molar-refractivity contribution in [1.82, 2.24) is 4.90 Å². The lowest BCUT2D eigenvalue weighted by Crippen LogP contribution is -2.56. The molecule has 2 N–H and O–H groups in total. The summed E-state index contributed by atoms with van der Waals surface area (Å²) in [4.78, 5) is 2.60. The Kier molecular flexibility index (Phi) is 3.33. The molecular weight excluding hydrogens is 188 g/mol. The molecule has 1 saturated carbocycles. The molecule has 0 bridgehead atoms. The highest BCUT2D eigenvalue weighted by Gasteiger charge is 2.45. The third-order valence-corrected chi connectivity index (χ3v) is 4.37. The summed E-state index contributed by atoms with van der Waals surface area (Å²) in [6, 6.07) is 0. The molecule has 0 radical (unpaired) electrons. The molecule has 0 aromatic carbocycles. The predicted molar refractivity (Wildman–Crippen MR) is 61.8 cm³/mol. The minimum absolute atomic E-state index is 0.263. The average molecular weight is 212 g/mol. The van der Waals surface area contributed by atoms with E-state index in [9.17, 15) is 0 Å². The SMILES string of the molecule is COC1CCN(C(C)(CN)C2CC2)CC1. The van der Waals surface area contributed by atoms with E-state index in [-0.39, 0.29) is 5.54 Å². The first-order chi connectivity index (χ1) is 7.20. The lowest BCUT2D eigenvalue weighted by molar-refractivity contribution is -0.00370. The molecule has 1 heterocycles. The van der Waals surface area contributed by atoms with E-state index in [1.807, 2.05) is 7.11 Å². The molecule has 3 heteroatoms. The highest BCUT2D eigenvalue weighted by molar-refractivity contribution is 5.01. The summed E-state index contributed by atoms with van der Waals surface area (Å²) < 4.78 is 5.40. The number of nitrogens with zero attached hydrogens (tertiary/aromatic N) is 1. The highest BCUT2D eigenvalue weighted by atomic mass is 16.5. The summed E-state index contributed by atoms with van der Waals surface area (Å²) >= 11 is 0. The zero-order valence-electron chi connectivity index (χ0n) is 10.0. The van der Waals surface area contributed by atoms with Crippen molar-refractivity contribution in [3.63, 3.8) is 0 Å². The normalized spacial score (nSPS) is 29.0. The van der Waals surface area contributed by atoms with Gasteiger partial charge in [-0.15, -0.1) is 0 Å². The zero-order chi connectivity index (χ0) is 10.9. The first kappa shape index (κ1) is 11.4. The van der Waals surface area contributed by atoms with Gasteiger partial charge in [0.2, 0.25) is 0 Å². The standard InChI is InChI=1S/C12H24N2O/c1-12(9-13,10-3-4-10)14-7-5-11(15-2)6-8-14/h10-11H,3-9,13H2,1-2H3. The van der Waals surface area contributed by atoms with E-state index < -0.39 is 0 Å². The molecular formula is C12H24N2O. The highest BCUT2D eigenvalue weighted by Crippen LogP contribution is 2.43. The number of ether oxygens (including phenoxy) is 1. The molecule has 0 aromatic heterocycles. The molecule has 1 aliphatic heterocycles. The lowest BCUT2D eigenvalue weighted by atomic mass is 9.90. The largest absolute Gasteiger partial charge is 0.381 e. The van der Waals surface area contributed by atoms with Gasteiger partial charge >= 0.3 is 0 Å². The molecule has 2 fully saturated rings. The van der Waals surface area contributed by atoms with Crippen LogP contribution in [0.4, 0.5) is 0 Å². The molecule has 15 heavy (non-hydrogen) atoms. The second-order valence-corrected chi connectivity index (χ2v) is 5.26. The van der Waals surface area contributed by atoms with Crippen molar-refractivity contribution >= 4 is 0 Å². The third kappa shape index (κ3) is 2.19. The Hall–Kier alpha value is -0.120. The van der Waals surface area contributed by atoms with Gasteiger partial charge in [-0.3, -0.25) is 4.90 Å². The summed E-state index contributed by atoms with van der Waals surface area (Å²) in [6.45, 7) is 5.46. The van der Waals surface area contributed by atoms with Gasteiger partial charge in [0.15, 0.2) is 0 Å². The topological polar surface area (TPSA) is 38.5 Å². The van der Waals surface area contributed by atoms with Gasteiger partial charge in [-0.25, -0.2) is 0 Å². The molecule has 1 aliphatic carbocycles. The molecule has 0 aromatic rings. The second kappa shape index (κ2) is 4.40. The summed E-state index contributed by atoms with van der Waals surface area (Å²) in [5.74, 6) is 0.849. The summed E-state index contributed by atoms with van der Waals surface area (Å²) in [7, 11) is 1.82. The van der Waals surface area contributed by atoms with Crippen LogP contribution in [0.2, 0.25) is 0 Å². The monoisotopic (exact) mass is 212 g/mol. The van der Waals surface area contributed by atoms with Crippen molar-refractivity contribution in [1.29, 1.82) is 0 Å². The van der Waals surface area contributed by atoms with Crippen LogP contribution in [0.3, 0.4) is 0 Å². The van der Waals surface area contributed by atoms with Crippen LogP contribution in [-0.2, 0) is 4.74 Å². The molecule has 1 unspecified atom stereocenters. The molecule has 0 amide bonds. The maximum Gasteiger partial charge on any atom is 0.0595 e. The summed E-state index contributed by atoms with van der Waals surface area (Å²) in [5.41, 5.74) is 6.24. The van der Waals surface area contributed by atoms with E-state index in [4.69, 9.17) is 10.5 Å². The zero-order valence-corrected chi connectivity index (χ0v) is 10.0. The smallest absolute Gasteiger partial charge is 0.0595 e. The third-order valence-electron chi connectivity index (χ3n) is 4.37. The molecule has 1 atom stereocenters. The van der Waals surface area contributed by atoms with Crippen LogP contribution >= 0.6 is 0 Å². The van der Waals surface area contributed by atoms with E-state index in [0.29, 0.717) is 6.10 Å². The van der Waals surface area contributed by atoms with Gasteiger partial charge in [0.25, 0.3) is 0 Å². The Morgan fingerprint density at radius 2 is 1.87 bits per heavy atom. The quantitative estimate of drug-likeness (QED) is 0.761. The molecule has 3 nitrogen and oxygen atoms in total. The number of piperidine rings is 1. The lowest BCUT2D eigenvalue weighted by Gasteiger charge is -2.44. The van der Waals surface area contributed by atoms with Gasteiger partial charge in [-0.2, -0.15) is 0 Å². The van der Waals surface area contributed by atoms with E-state index in [0.717, 1.165) is 25.6 Å². The average Bonchev–Trinajstić information content (AvgIpc) is 3.12. The van der Waals surface area contributed by atoms with E-state index in [2.05, 4.69) is 11.8 Å². The maximum absolute atomic E-state index is 5.97. The van der Waals surface area contributed by atoms with E-state index in [1.165, 1.54) is 25.7 Å². The Balaban J connectivity index is 1.93. The van der Waals surface area contributed by atoms with E-state index >= 15 is 0 Å². The van der Waals surface area contributed by atoms with Gasteiger partial charge in [0, 0.05) is 32.3 Å². The van der Waals surface area contributed by atoms with Crippen molar-refractivity contribution in [2.75, 3.05) is 26.7 Å². The Morgan fingerprint density at radius 1 is 1.27 bits per heavy atom. The van der Waals surface area contributed by atoms with Crippen molar-refractivity contribution in [2.24, 2.45) is 11.7 Å². The number of methoxy groups -OCH3 is 1. The molecule has 88 valence electrons. The second-order valence-electron chi connectivity index (χ2n) is 5.26. The minimum Gasteiger partial charge on any atom is -0.381 e. The van der Waals surface area contributed by atoms with Crippen molar-refractivity contribution in [2.45, 2.75) is 44.2 Å². The fraction of sp³-hybridized carbons (Fsp3) is 1.00. The van der Waals surface area contributed by atoms with Gasteiger partial charge in [-0.05, 0) is 38.5 Å². The maximum atomic E-state index is 5.97. The van der Waals surface area contributed by atoms with Gasteiger partial charge in [0.05, 0.1) is 6.10 Å². The van der Waals surface area contributed by atoms with Gasteiger partial charge < -0.3 is 10.5 Å². The van der Waals surface area contributed by atoms with Crippen LogP contribution in [0.1, 0.15) is 32.6 Å². The minimum atomic E-state index is 0.263. The van der Waals surface area contributed by atoms with Crippen LogP contribution in [0.25, 0.3) is 0 Å². The number of hydrogen-bond donors (Lipinski definition) is 1. The summed E-state index contributed by atoms with van der Waals surface area (Å²) in [5, 5.41) is 0. The fourth-order valence-corrected chi connectivity index (χ4v) is 2.86. The molecule has 2 rings (SSSR count). The number of nitrogens with two attached hydrogens (primary N) is 1. The Bertz CT molecular complexity index is 210. The number of likely N-dealkylation sites (tertiary alicyclic amines) is 1. The predicted octanol–water partition coefficient (Wildman–Crippen LogP) is 1.22. The van der Waals surface area contributed by atoms with E-state index in [1.54, 1.807) is 0 Å². The number of rotatable bonds is 4. The summed E-state index contributed by atoms with van der Waals surface area (Å²) in [6.07, 6.45) is 5.55. The molecule has 2 aliphatic rings. The van der Waals surface area contributed by atoms with Crippen LogP contribution in [-0.4, -0.2) is 43.3 Å². The van der Waals surface area contributed by atoms with Gasteiger partial charge in [0.1, 0.15) is 0 Å². The van der Waals surface area contributed by atoms with Gasteiger partial charge in [-0.1, -0.05) is 0 Å². The Labute approximate surface area is 93.0 Å². The molecule has 0 spiro atoms. The fourth-order valence-electron chi connectivity index (χ4n) is 2.86. The van der Waals surface area contributed by atoms with Crippen LogP contribution in [0.15, 0.2) is 0 Å². The van der Waals surface area contributed by atoms with Crippen LogP contribution in [0, 0.1) is 5.92 Å². The van der Waals surface area contributed by atoms with Crippen molar-refractivity contribution in [3.05, 3.63) is 0 Å². The first-order valence-corrected chi connectivity index (χ1v) is 6.18. The van der Waals surface area contributed by atoms with Crippen molar-refractivity contribution < 1.29 is 4.74 Å². The van der Waals surface area contributed by atoms with Crippen LogP contribution < -0.4 is 5.73 Å². The first-order valence-electron chi connectivity index (χ1n) is 6.18. The number of hydrogen-bond acceptors (Lipinski definition) is 3. The van der Waals surface area contributed by atoms with Crippen LogP contribution in [0.5, 0.6) is 0 Å². The Morgan fingerprint density at radius 3 is 2.27 bits per heavy atom. The van der Waals surface area contributed by atoms with Crippen molar-refractivity contribution in [3.8, 4) is 0 Å².